The van der Waals surface area contributed by atoms with Gasteiger partial charge in [0.1, 0.15) is 32.5 Å². The predicted molar refractivity (Wildman–Crippen MR) is 177 cm³/mol. The molecule has 0 saturated carbocycles. The van der Waals surface area contributed by atoms with Gasteiger partial charge in [-0.15, -0.1) is 0 Å². The molecule has 0 amide bonds. The van der Waals surface area contributed by atoms with Gasteiger partial charge in [0.25, 0.3) is 0 Å². The molecule has 10 nitrogen and oxygen atoms in total. The number of halogens is 4. The lowest BCUT2D eigenvalue weighted by molar-refractivity contribution is 0.436. The number of nitrogens with zero attached hydrogens (tertiary/aromatic N) is 4. The van der Waals surface area contributed by atoms with Gasteiger partial charge < -0.3 is 9.47 Å². The normalized spacial score (nSPS) is 11.9. The third-order valence-corrected chi connectivity index (χ3v) is 11.5. The van der Waals surface area contributed by atoms with E-state index in [-0.39, 0.29) is 45.3 Å². The predicted octanol–water partition coefficient (Wildman–Crippen LogP) is 7.76. The monoisotopic (exact) mass is 728 g/mol. The maximum absolute atomic E-state index is 14.2. The molecule has 0 radical (unpaired) electrons. The molecule has 4 aromatic carbocycles. The highest BCUT2D eigenvalue weighted by atomic mass is 32.2. The molecule has 6 aromatic rings. The Hall–Kier alpha value is -5.22. The topological polar surface area (TPSA) is 138 Å². The van der Waals surface area contributed by atoms with Crippen LogP contribution in [0.4, 0.5) is 17.6 Å². The smallest absolute Gasteiger partial charge is 0.238 e. The molecule has 0 aliphatic carbocycles. The first kappa shape index (κ1) is 36.1. The van der Waals surface area contributed by atoms with Crippen molar-refractivity contribution < 1.29 is 43.9 Å². The summed E-state index contributed by atoms with van der Waals surface area (Å²) in [5.41, 5.74) is 0.595. The first-order chi connectivity index (χ1) is 23.6. The van der Waals surface area contributed by atoms with E-state index in [1.165, 1.54) is 88.4 Å². The van der Waals surface area contributed by atoms with Crippen LogP contribution in [-0.2, 0) is 19.7 Å². The van der Waals surface area contributed by atoms with E-state index in [1.807, 2.05) is 0 Å². The van der Waals surface area contributed by atoms with Gasteiger partial charge in [-0.05, 0) is 76.2 Å². The van der Waals surface area contributed by atoms with Crippen molar-refractivity contribution in [2.45, 2.75) is 48.0 Å². The Morgan fingerprint density at radius 1 is 0.520 bits per heavy atom. The van der Waals surface area contributed by atoms with Gasteiger partial charge in [0, 0.05) is 0 Å². The summed E-state index contributed by atoms with van der Waals surface area (Å²) in [5.74, 6) is -3.42. The van der Waals surface area contributed by atoms with Gasteiger partial charge >= 0.3 is 0 Å². The summed E-state index contributed by atoms with van der Waals surface area (Å²) in [5, 5.41) is -1.66. The number of hydrogen-bond donors (Lipinski definition) is 0. The van der Waals surface area contributed by atoms with E-state index in [1.54, 1.807) is 0 Å². The van der Waals surface area contributed by atoms with Crippen LogP contribution in [0.2, 0.25) is 0 Å². The van der Waals surface area contributed by atoms with Crippen molar-refractivity contribution >= 4 is 41.7 Å². The van der Waals surface area contributed by atoms with Crippen molar-refractivity contribution in [3.05, 3.63) is 108 Å². The molecule has 0 fully saturated rings. The summed E-state index contributed by atoms with van der Waals surface area (Å²) in [6, 6.07) is 15.9. The number of sulfone groups is 2. The van der Waals surface area contributed by atoms with Crippen LogP contribution in [0.3, 0.4) is 0 Å². The van der Waals surface area contributed by atoms with Crippen LogP contribution in [0.1, 0.15) is 27.7 Å². The second kappa shape index (κ2) is 14.3. The highest BCUT2D eigenvalue weighted by Crippen LogP contribution is 2.34. The molecule has 50 heavy (non-hydrogen) atoms. The fourth-order valence-corrected chi connectivity index (χ4v) is 6.87. The van der Waals surface area contributed by atoms with E-state index in [4.69, 9.17) is 9.47 Å². The Kier molecular flexibility index (Phi) is 10.3. The zero-order valence-corrected chi connectivity index (χ0v) is 28.4. The zero-order valence-electron chi connectivity index (χ0n) is 26.8. The maximum atomic E-state index is 14.2. The minimum absolute atomic E-state index is 0.0594. The maximum Gasteiger partial charge on any atom is 0.238 e. The van der Waals surface area contributed by atoms with E-state index in [0.717, 1.165) is 24.5 Å². The number of para-hydroxylation sites is 2. The van der Waals surface area contributed by atoms with Crippen molar-refractivity contribution in [1.29, 1.82) is 0 Å². The van der Waals surface area contributed by atoms with Gasteiger partial charge in [-0.25, -0.2) is 54.3 Å². The third kappa shape index (κ3) is 7.35. The Balaban J connectivity index is 0.000000194. The first-order valence-electron chi connectivity index (χ1n) is 14.8. The van der Waals surface area contributed by atoms with E-state index in [0.29, 0.717) is 0 Å². The van der Waals surface area contributed by atoms with Gasteiger partial charge in [0.2, 0.25) is 11.8 Å². The average Bonchev–Trinajstić information content (AvgIpc) is 3.05. The number of rotatable bonds is 8. The van der Waals surface area contributed by atoms with Gasteiger partial charge in [-0.3, -0.25) is 0 Å². The van der Waals surface area contributed by atoms with E-state index in [2.05, 4.69) is 19.9 Å². The molecule has 0 N–H and O–H groups in total. The number of fused-ring (bicyclic) bond motifs is 2. The second-order valence-corrected chi connectivity index (χ2v) is 16.0. The lowest BCUT2D eigenvalue weighted by atomic mass is 10.3. The SMILES string of the molecule is CC(C)S(=O)(=O)c1c(F)cccc1Oc1cnc2c(F)cccc2n1.CC(C)S(=O)(=O)c1c(F)cccc1Oc1cnc2c(F)cccc2n1. The van der Waals surface area contributed by atoms with Crippen LogP contribution >= 0.6 is 0 Å². The lowest BCUT2D eigenvalue weighted by Gasteiger charge is -2.14. The van der Waals surface area contributed by atoms with Crippen molar-refractivity contribution in [2.75, 3.05) is 0 Å². The van der Waals surface area contributed by atoms with Crippen molar-refractivity contribution in [3.8, 4) is 23.3 Å². The second-order valence-electron chi connectivity index (χ2n) is 11.2. The minimum Gasteiger partial charge on any atom is -0.436 e. The highest BCUT2D eigenvalue weighted by Gasteiger charge is 2.29. The lowest BCUT2D eigenvalue weighted by Crippen LogP contribution is -2.16. The molecule has 260 valence electrons. The van der Waals surface area contributed by atoms with Gasteiger partial charge in [0.05, 0.1) is 33.9 Å². The van der Waals surface area contributed by atoms with Crippen LogP contribution in [0, 0.1) is 23.3 Å². The van der Waals surface area contributed by atoms with Crippen LogP contribution in [0.15, 0.2) is 95.0 Å². The van der Waals surface area contributed by atoms with Gasteiger partial charge in [-0.1, -0.05) is 24.3 Å². The molecule has 0 bridgehead atoms. The number of benzene rings is 4. The molecule has 0 spiro atoms. The Bertz CT molecular complexity index is 2280. The fourth-order valence-electron chi connectivity index (χ4n) is 4.46. The zero-order chi connectivity index (χ0) is 36.4. The van der Waals surface area contributed by atoms with Crippen molar-refractivity contribution in [1.82, 2.24) is 19.9 Å². The van der Waals surface area contributed by atoms with Crippen LogP contribution in [0.25, 0.3) is 22.1 Å². The van der Waals surface area contributed by atoms with Crippen LogP contribution in [0.5, 0.6) is 23.3 Å². The summed E-state index contributed by atoms with van der Waals surface area (Å²) in [6.45, 7) is 5.79. The molecule has 2 aromatic heterocycles. The van der Waals surface area contributed by atoms with Crippen molar-refractivity contribution in [3.63, 3.8) is 0 Å². The Morgan fingerprint density at radius 3 is 1.22 bits per heavy atom. The molecule has 0 aliphatic rings. The molecular formula is C34H28F4N4O6S2. The molecule has 0 aliphatic heterocycles. The number of ether oxygens (including phenoxy) is 2. The molecule has 2 heterocycles. The average molecular weight is 729 g/mol. The summed E-state index contributed by atoms with van der Waals surface area (Å²) >= 11 is 0. The largest absolute Gasteiger partial charge is 0.436 e. The quantitative estimate of drug-likeness (QED) is 0.143. The molecular weight excluding hydrogens is 701 g/mol. The molecule has 6 rings (SSSR count). The minimum atomic E-state index is -3.92. The molecule has 0 unspecified atom stereocenters. The highest BCUT2D eigenvalue weighted by molar-refractivity contribution is 7.92. The van der Waals surface area contributed by atoms with E-state index < -0.39 is 63.2 Å². The summed E-state index contributed by atoms with van der Waals surface area (Å²) in [7, 11) is -7.83. The van der Waals surface area contributed by atoms with Crippen LogP contribution < -0.4 is 9.47 Å². The molecule has 0 atom stereocenters. The van der Waals surface area contributed by atoms with Crippen LogP contribution in [-0.4, -0.2) is 47.3 Å². The van der Waals surface area contributed by atoms with E-state index in [9.17, 15) is 34.4 Å². The standard InChI is InChI=1S/2C17H14F2N2O3S/c2*1-10(2)25(22,23)17-12(19)6-4-8-14(17)24-15-9-20-16-11(18)5-3-7-13(16)21-15/h2*3-10H,1-2H3. The molecule has 0 saturated heterocycles. The fraction of sp³-hybridized carbons (Fsp3) is 0.176. The van der Waals surface area contributed by atoms with E-state index >= 15 is 0 Å². The Labute approximate surface area is 284 Å². The Morgan fingerprint density at radius 2 is 0.860 bits per heavy atom. The third-order valence-electron chi connectivity index (χ3n) is 7.10. The summed E-state index contributed by atoms with van der Waals surface area (Å²) in [4.78, 5) is 14.9. The van der Waals surface area contributed by atoms with Gasteiger partial charge in [-0.2, -0.15) is 0 Å². The summed E-state index contributed by atoms with van der Waals surface area (Å²) < 4.78 is 116. The molecule has 16 heteroatoms. The first-order valence-corrected chi connectivity index (χ1v) is 17.9. The number of aromatic nitrogens is 4. The van der Waals surface area contributed by atoms with Crippen molar-refractivity contribution in [2.24, 2.45) is 0 Å². The van der Waals surface area contributed by atoms with Gasteiger partial charge in [0.15, 0.2) is 42.8 Å². The number of hydrogen-bond acceptors (Lipinski definition) is 10. The summed E-state index contributed by atoms with van der Waals surface area (Å²) in [6.07, 6.45) is 2.31.